The number of hydrogen-bond acceptors (Lipinski definition) is 2. The van der Waals surface area contributed by atoms with Gasteiger partial charge in [-0.3, -0.25) is 0 Å². The molecule has 0 aliphatic carbocycles. The molecule has 25 heavy (non-hydrogen) atoms. The van der Waals surface area contributed by atoms with E-state index in [4.69, 9.17) is 23.2 Å². The fourth-order valence-electron chi connectivity index (χ4n) is 2.66. The molecule has 1 heterocycles. The van der Waals surface area contributed by atoms with Crippen molar-refractivity contribution in [2.24, 2.45) is 0 Å². The Morgan fingerprint density at radius 2 is 2.00 bits per heavy atom. The van der Waals surface area contributed by atoms with E-state index in [1.807, 2.05) is 6.07 Å². The largest absolute Gasteiger partial charge is 0.334 e. The fourth-order valence-corrected chi connectivity index (χ4v) is 4.29. The zero-order chi connectivity index (χ0) is 17.8. The van der Waals surface area contributed by atoms with E-state index in [9.17, 15) is 9.18 Å². The quantitative estimate of drug-likeness (QED) is 0.766. The topological polar surface area (TPSA) is 32.3 Å². The number of benzene rings is 2. The zero-order valence-corrected chi connectivity index (χ0v) is 15.7. The van der Waals surface area contributed by atoms with Crippen LogP contribution in [0.1, 0.15) is 12.0 Å². The van der Waals surface area contributed by atoms with Gasteiger partial charge in [0.1, 0.15) is 5.82 Å². The van der Waals surface area contributed by atoms with Gasteiger partial charge in [-0.05, 0) is 48.4 Å². The van der Waals surface area contributed by atoms with Gasteiger partial charge in [-0.25, -0.2) is 9.18 Å². The van der Waals surface area contributed by atoms with Gasteiger partial charge in [0.05, 0.1) is 0 Å². The third-order valence-corrected chi connectivity index (χ3v) is 5.84. The summed E-state index contributed by atoms with van der Waals surface area (Å²) in [6.07, 6.45) is 0.914. The van der Waals surface area contributed by atoms with Crippen LogP contribution >= 0.6 is 35.0 Å². The van der Waals surface area contributed by atoms with Gasteiger partial charge in [0.2, 0.25) is 0 Å². The number of urea groups is 1. The highest BCUT2D eigenvalue weighted by atomic mass is 35.5. The van der Waals surface area contributed by atoms with Crippen molar-refractivity contribution in [3.63, 3.8) is 0 Å². The van der Waals surface area contributed by atoms with Gasteiger partial charge >= 0.3 is 6.03 Å². The summed E-state index contributed by atoms with van der Waals surface area (Å²) in [5.74, 6) is -0.238. The van der Waals surface area contributed by atoms with Crippen molar-refractivity contribution in [1.82, 2.24) is 10.2 Å². The number of carbonyl (C=O) groups excluding carboxylic acids is 1. The van der Waals surface area contributed by atoms with Crippen LogP contribution in [0.25, 0.3) is 0 Å². The number of likely N-dealkylation sites (tertiary alicyclic amines) is 1. The minimum atomic E-state index is -0.238. The predicted octanol–water partition coefficient (Wildman–Crippen LogP) is 5.21. The van der Waals surface area contributed by atoms with Gasteiger partial charge < -0.3 is 10.2 Å². The molecule has 0 spiro atoms. The lowest BCUT2D eigenvalue weighted by Crippen LogP contribution is -2.38. The Balaban J connectivity index is 1.49. The summed E-state index contributed by atoms with van der Waals surface area (Å²) < 4.78 is 13.0. The van der Waals surface area contributed by atoms with Crippen LogP contribution in [0.3, 0.4) is 0 Å². The molecule has 1 atom stereocenters. The van der Waals surface area contributed by atoms with E-state index in [0.717, 1.165) is 16.9 Å². The molecule has 2 aromatic rings. The Bertz CT molecular complexity index is 757. The summed E-state index contributed by atoms with van der Waals surface area (Å²) in [7, 11) is 0. The molecule has 2 aromatic carbocycles. The number of rotatable bonds is 4. The molecule has 3 nitrogen and oxygen atoms in total. The first-order chi connectivity index (χ1) is 12.0. The van der Waals surface area contributed by atoms with Crippen LogP contribution in [0.2, 0.25) is 10.0 Å². The number of nitrogens with zero attached hydrogens (tertiary/aromatic N) is 1. The minimum absolute atomic E-state index is 0.103. The SMILES string of the molecule is O=C(NCc1ccc(Cl)cc1Cl)N1CCC(Sc2ccc(F)cc2)C1. The highest BCUT2D eigenvalue weighted by Gasteiger charge is 2.26. The lowest BCUT2D eigenvalue weighted by molar-refractivity contribution is 0.208. The van der Waals surface area contributed by atoms with Crippen molar-refractivity contribution in [2.45, 2.75) is 23.1 Å². The smallest absolute Gasteiger partial charge is 0.317 e. The molecule has 0 radical (unpaired) electrons. The zero-order valence-electron chi connectivity index (χ0n) is 13.3. The number of nitrogens with one attached hydrogen (secondary N) is 1. The summed E-state index contributed by atoms with van der Waals surface area (Å²) in [5.41, 5.74) is 0.829. The van der Waals surface area contributed by atoms with Crippen LogP contribution in [0, 0.1) is 5.82 Å². The molecule has 0 bridgehead atoms. The molecule has 2 amide bonds. The van der Waals surface area contributed by atoms with Gasteiger partial charge in [-0.1, -0.05) is 29.3 Å². The van der Waals surface area contributed by atoms with Crippen molar-refractivity contribution < 1.29 is 9.18 Å². The van der Waals surface area contributed by atoms with E-state index in [1.165, 1.54) is 12.1 Å². The molecule has 3 rings (SSSR count). The summed E-state index contributed by atoms with van der Waals surface area (Å²) >= 11 is 13.7. The molecular formula is C18H17Cl2FN2OS. The summed E-state index contributed by atoms with van der Waals surface area (Å²) in [4.78, 5) is 15.1. The molecule has 0 aromatic heterocycles. The standard InChI is InChI=1S/C18H17Cl2FN2OS/c19-13-2-1-12(17(20)9-13)10-22-18(24)23-8-7-16(11-23)25-15-5-3-14(21)4-6-15/h1-6,9,16H,7-8,10-11H2,(H,22,24). The van der Waals surface area contributed by atoms with Crippen molar-refractivity contribution in [3.05, 3.63) is 63.9 Å². The van der Waals surface area contributed by atoms with Crippen molar-refractivity contribution in [1.29, 1.82) is 0 Å². The second-order valence-corrected chi connectivity index (χ2v) is 8.04. The van der Waals surface area contributed by atoms with Crippen molar-refractivity contribution in [2.75, 3.05) is 13.1 Å². The van der Waals surface area contributed by atoms with E-state index < -0.39 is 0 Å². The Morgan fingerprint density at radius 3 is 2.72 bits per heavy atom. The van der Waals surface area contributed by atoms with Gasteiger partial charge in [-0.15, -0.1) is 11.8 Å². The molecule has 0 saturated carbocycles. The lowest BCUT2D eigenvalue weighted by atomic mass is 10.2. The summed E-state index contributed by atoms with van der Waals surface area (Å²) in [6, 6.07) is 11.6. The Morgan fingerprint density at radius 1 is 1.24 bits per heavy atom. The Labute approximate surface area is 160 Å². The fraction of sp³-hybridized carbons (Fsp3) is 0.278. The number of amides is 2. The second-order valence-electron chi connectivity index (χ2n) is 5.82. The molecule has 7 heteroatoms. The maximum Gasteiger partial charge on any atom is 0.317 e. The summed E-state index contributed by atoms with van der Waals surface area (Å²) in [5, 5.41) is 4.32. The van der Waals surface area contributed by atoms with Crippen molar-refractivity contribution >= 4 is 41.0 Å². The van der Waals surface area contributed by atoms with Gasteiger partial charge in [0, 0.05) is 39.8 Å². The minimum Gasteiger partial charge on any atom is -0.334 e. The monoisotopic (exact) mass is 398 g/mol. The predicted molar refractivity (Wildman–Crippen MR) is 101 cm³/mol. The van der Waals surface area contributed by atoms with E-state index in [-0.39, 0.29) is 11.8 Å². The average molecular weight is 399 g/mol. The molecule has 1 aliphatic heterocycles. The second kappa shape index (κ2) is 8.30. The number of thioether (sulfide) groups is 1. The van der Waals surface area contributed by atoms with Crippen LogP contribution < -0.4 is 5.32 Å². The maximum atomic E-state index is 13.0. The first kappa shape index (κ1) is 18.4. The van der Waals surface area contributed by atoms with Crippen LogP contribution in [-0.2, 0) is 6.54 Å². The molecule has 1 N–H and O–H groups in total. The molecular weight excluding hydrogens is 382 g/mol. The highest BCUT2D eigenvalue weighted by Crippen LogP contribution is 2.30. The van der Waals surface area contributed by atoms with E-state index in [0.29, 0.717) is 34.9 Å². The summed E-state index contributed by atoms with van der Waals surface area (Å²) in [6.45, 7) is 1.74. The molecule has 1 unspecified atom stereocenters. The third kappa shape index (κ3) is 5.03. The van der Waals surface area contributed by atoms with Gasteiger partial charge in [0.15, 0.2) is 0 Å². The van der Waals surface area contributed by atoms with Crippen LogP contribution in [0.4, 0.5) is 9.18 Å². The van der Waals surface area contributed by atoms with Gasteiger partial charge in [0.25, 0.3) is 0 Å². The third-order valence-electron chi connectivity index (χ3n) is 3.99. The Kier molecular flexibility index (Phi) is 6.10. The lowest BCUT2D eigenvalue weighted by Gasteiger charge is -2.17. The molecule has 1 saturated heterocycles. The highest BCUT2D eigenvalue weighted by molar-refractivity contribution is 8.00. The molecule has 1 fully saturated rings. The first-order valence-corrected chi connectivity index (χ1v) is 9.54. The van der Waals surface area contributed by atoms with Crippen LogP contribution in [0.5, 0.6) is 0 Å². The van der Waals surface area contributed by atoms with Crippen LogP contribution in [0.15, 0.2) is 47.4 Å². The van der Waals surface area contributed by atoms with Crippen LogP contribution in [-0.4, -0.2) is 29.3 Å². The van der Waals surface area contributed by atoms with E-state index >= 15 is 0 Å². The molecule has 132 valence electrons. The normalized spacial score (nSPS) is 16.9. The maximum absolute atomic E-state index is 13.0. The van der Waals surface area contributed by atoms with E-state index in [1.54, 1.807) is 40.9 Å². The number of carbonyl (C=O) groups is 1. The average Bonchev–Trinajstić information content (AvgIpc) is 3.04. The Hall–Kier alpha value is -1.43. The molecule has 1 aliphatic rings. The number of hydrogen-bond donors (Lipinski definition) is 1. The van der Waals surface area contributed by atoms with Crippen molar-refractivity contribution in [3.8, 4) is 0 Å². The first-order valence-electron chi connectivity index (χ1n) is 7.90. The van der Waals surface area contributed by atoms with E-state index in [2.05, 4.69) is 5.32 Å². The van der Waals surface area contributed by atoms with Gasteiger partial charge in [-0.2, -0.15) is 0 Å². The number of halogens is 3.